The summed E-state index contributed by atoms with van der Waals surface area (Å²) >= 11 is 0. The van der Waals surface area contributed by atoms with Gasteiger partial charge in [-0.25, -0.2) is 4.98 Å². The van der Waals surface area contributed by atoms with Gasteiger partial charge in [-0.1, -0.05) is 0 Å². The second-order valence-electron chi connectivity index (χ2n) is 2.47. The molecule has 12 heavy (non-hydrogen) atoms. The van der Waals surface area contributed by atoms with Crippen LogP contribution < -0.4 is 11.3 Å². The van der Waals surface area contributed by atoms with Gasteiger partial charge in [0.15, 0.2) is 0 Å². The molecule has 2 aromatic rings. The van der Waals surface area contributed by atoms with E-state index in [0.717, 1.165) is 5.56 Å². The third kappa shape index (κ3) is 0.835. The average Bonchev–Trinajstić information content (AvgIpc) is 2.49. The third-order valence-electron chi connectivity index (χ3n) is 1.77. The Kier molecular flexibility index (Phi) is 1.44. The lowest BCUT2D eigenvalue weighted by Crippen LogP contribution is -2.06. The Morgan fingerprint density at radius 2 is 2.33 bits per heavy atom. The molecule has 0 amide bonds. The molecule has 0 spiro atoms. The van der Waals surface area contributed by atoms with Gasteiger partial charge in [-0.3, -0.25) is 4.79 Å². The largest absolute Gasteiger partial charge is 0.355 e. The van der Waals surface area contributed by atoms with E-state index >= 15 is 0 Å². The van der Waals surface area contributed by atoms with Gasteiger partial charge in [0, 0.05) is 18.3 Å². The number of hydrogen-bond acceptors (Lipinski definition) is 3. The first-order chi connectivity index (χ1) is 5.83. The quantitative estimate of drug-likeness (QED) is 0.541. The SMILES string of the molecule is NCc1c[nH]c2c(=O)[nH]cnc12. The number of aromatic nitrogens is 3. The summed E-state index contributed by atoms with van der Waals surface area (Å²) in [5, 5.41) is 0. The van der Waals surface area contributed by atoms with Crippen LogP contribution in [0.2, 0.25) is 0 Å². The molecule has 0 aliphatic heterocycles. The van der Waals surface area contributed by atoms with Crippen LogP contribution in [-0.4, -0.2) is 15.0 Å². The van der Waals surface area contributed by atoms with Crippen LogP contribution in [0.15, 0.2) is 17.3 Å². The lowest BCUT2D eigenvalue weighted by Gasteiger charge is -1.89. The van der Waals surface area contributed by atoms with Crippen molar-refractivity contribution in [2.75, 3.05) is 0 Å². The second kappa shape index (κ2) is 2.46. The summed E-state index contributed by atoms with van der Waals surface area (Å²) in [6.07, 6.45) is 3.07. The fourth-order valence-electron chi connectivity index (χ4n) is 1.16. The average molecular weight is 164 g/mol. The molecule has 0 unspecified atom stereocenters. The van der Waals surface area contributed by atoms with E-state index in [4.69, 9.17) is 5.73 Å². The van der Waals surface area contributed by atoms with Crippen molar-refractivity contribution in [3.63, 3.8) is 0 Å². The highest BCUT2D eigenvalue weighted by Crippen LogP contribution is 2.09. The molecule has 5 nitrogen and oxygen atoms in total. The second-order valence-corrected chi connectivity index (χ2v) is 2.47. The fraction of sp³-hybridized carbons (Fsp3) is 0.143. The van der Waals surface area contributed by atoms with Crippen LogP contribution in [0.3, 0.4) is 0 Å². The van der Waals surface area contributed by atoms with Crippen molar-refractivity contribution in [1.82, 2.24) is 15.0 Å². The fourth-order valence-corrected chi connectivity index (χ4v) is 1.16. The highest BCUT2D eigenvalue weighted by Gasteiger charge is 2.04. The van der Waals surface area contributed by atoms with Crippen molar-refractivity contribution >= 4 is 11.0 Å². The van der Waals surface area contributed by atoms with Gasteiger partial charge in [-0.15, -0.1) is 0 Å². The molecule has 0 atom stereocenters. The molecule has 0 saturated carbocycles. The Balaban J connectivity index is 2.89. The van der Waals surface area contributed by atoms with Crippen molar-refractivity contribution in [1.29, 1.82) is 0 Å². The molecular weight excluding hydrogens is 156 g/mol. The van der Waals surface area contributed by atoms with Crippen LogP contribution in [0.5, 0.6) is 0 Å². The normalized spacial score (nSPS) is 10.8. The van der Waals surface area contributed by atoms with Crippen molar-refractivity contribution in [2.24, 2.45) is 5.73 Å². The Morgan fingerprint density at radius 1 is 1.50 bits per heavy atom. The minimum absolute atomic E-state index is 0.167. The predicted octanol–water partition coefficient (Wildman–Crippen LogP) is -0.290. The molecule has 0 bridgehead atoms. The van der Waals surface area contributed by atoms with E-state index in [1.54, 1.807) is 6.20 Å². The Morgan fingerprint density at radius 3 is 3.08 bits per heavy atom. The number of hydrogen-bond donors (Lipinski definition) is 3. The maximum atomic E-state index is 11.1. The van der Waals surface area contributed by atoms with Gasteiger partial charge >= 0.3 is 0 Å². The van der Waals surface area contributed by atoms with E-state index in [-0.39, 0.29) is 5.56 Å². The maximum absolute atomic E-state index is 11.1. The Labute approximate surface area is 67.6 Å². The zero-order valence-corrected chi connectivity index (χ0v) is 6.29. The van der Waals surface area contributed by atoms with Gasteiger partial charge in [0.1, 0.15) is 5.52 Å². The summed E-state index contributed by atoms with van der Waals surface area (Å²) in [6.45, 7) is 0.385. The Bertz CT molecular complexity index is 456. The van der Waals surface area contributed by atoms with Crippen molar-refractivity contribution in [2.45, 2.75) is 6.54 Å². The first-order valence-electron chi connectivity index (χ1n) is 3.56. The monoisotopic (exact) mass is 164 g/mol. The molecule has 4 N–H and O–H groups in total. The number of rotatable bonds is 1. The molecule has 0 radical (unpaired) electrons. The van der Waals surface area contributed by atoms with E-state index in [1.807, 2.05) is 0 Å². The number of nitrogens with zero attached hydrogens (tertiary/aromatic N) is 1. The zero-order chi connectivity index (χ0) is 8.55. The number of nitrogens with one attached hydrogen (secondary N) is 2. The molecule has 0 fully saturated rings. The molecule has 0 aliphatic rings. The zero-order valence-electron chi connectivity index (χ0n) is 6.29. The third-order valence-corrected chi connectivity index (χ3v) is 1.77. The topological polar surface area (TPSA) is 87.6 Å². The van der Waals surface area contributed by atoms with Gasteiger partial charge in [-0.2, -0.15) is 0 Å². The molecule has 0 aliphatic carbocycles. The van der Waals surface area contributed by atoms with Crippen molar-refractivity contribution in [3.8, 4) is 0 Å². The van der Waals surface area contributed by atoms with Gasteiger partial charge < -0.3 is 15.7 Å². The van der Waals surface area contributed by atoms with Crippen molar-refractivity contribution in [3.05, 3.63) is 28.4 Å². The van der Waals surface area contributed by atoms with E-state index in [2.05, 4.69) is 15.0 Å². The van der Waals surface area contributed by atoms with Gasteiger partial charge in [-0.05, 0) is 0 Å². The summed E-state index contributed by atoms with van der Waals surface area (Å²) in [5.74, 6) is 0. The highest BCUT2D eigenvalue weighted by molar-refractivity contribution is 5.77. The molecule has 2 heterocycles. The maximum Gasteiger partial charge on any atom is 0.275 e. The van der Waals surface area contributed by atoms with Crippen LogP contribution in [0.1, 0.15) is 5.56 Å². The molecule has 2 rings (SSSR count). The van der Waals surface area contributed by atoms with Crippen LogP contribution in [-0.2, 0) is 6.54 Å². The van der Waals surface area contributed by atoms with Crippen molar-refractivity contribution < 1.29 is 0 Å². The van der Waals surface area contributed by atoms with E-state index in [9.17, 15) is 4.79 Å². The first-order valence-corrected chi connectivity index (χ1v) is 3.56. The van der Waals surface area contributed by atoms with E-state index < -0.39 is 0 Å². The molecule has 5 heteroatoms. The Hall–Kier alpha value is -1.62. The van der Waals surface area contributed by atoms with Gasteiger partial charge in [0.05, 0.1) is 11.8 Å². The smallest absolute Gasteiger partial charge is 0.275 e. The van der Waals surface area contributed by atoms with Crippen LogP contribution in [0, 0.1) is 0 Å². The predicted molar refractivity (Wildman–Crippen MR) is 44.6 cm³/mol. The summed E-state index contributed by atoms with van der Waals surface area (Å²) in [4.78, 5) is 20.4. The van der Waals surface area contributed by atoms with E-state index in [0.29, 0.717) is 17.6 Å². The summed E-state index contributed by atoms with van der Waals surface area (Å²) in [7, 11) is 0. The standard InChI is InChI=1S/C7H8N4O/c8-1-4-2-9-6-5(4)10-3-11-7(6)12/h2-3,9H,1,8H2,(H,10,11,12). The van der Waals surface area contributed by atoms with Crippen LogP contribution in [0.25, 0.3) is 11.0 Å². The number of aromatic amines is 2. The van der Waals surface area contributed by atoms with Gasteiger partial charge in [0.25, 0.3) is 5.56 Å². The summed E-state index contributed by atoms with van der Waals surface area (Å²) in [5.41, 5.74) is 7.27. The highest BCUT2D eigenvalue weighted by atomic mass is 16.1. The van der Waals surface area contributed by atoms with Gasteiger partial charge in [0.2, 0.25) is 0 Å². The molecule has 0 aromatic carbocycles. The molecule has 2 aromatic heterocycles. The minimum atomic E-state index is -0.167. The molecular formula is C7H8N4O. The summed E-state index contributed by atoms with van der Waals surface area (Å²) in [6, 6.07) is 0. The lowest BCUT2D eigenvalue weighted by molar-refractivity contribution is 1.07. The minimum Gasteiger partial charge on any atom is -0.355 e. The summed E-state index contributed by atoms with van der Waals surface area (Å²) < 4.78 is 0. The number of H-pyrrole nitrogens is 2. The molecule has 0 saturated heterocycles. The number of fused-ring (bicyclic) bond motifs is 1. The molecule has 62 valence electrons. The van der Waals surface area contributed by atoms with Crippen LogP contribution in [0.4, 0.5) is 0 Å². The van der Waals surface area contributed by atoms with Crippen LogP contribution >= 0.6 is 0 Å². The first kappa shape index (κ1) is 7.05. The number of nitrogens with two attached hydrogens (primary N) is 1. The van der Waals surface area contributed by atoms with E-state index in [1.165, 1.54) is 6.33 Å². The lowest BCUT2D eigenvalue weighted by atomic mass is 10.3.